The molecule has 0 saturated carbocycles. The van der Waals surface area contributed by atoms with Gasteiger partial charge in [-0.05, 0) is 18.4 Å². The van der Waals surface area contributed by atoms with Crippen LogP contribution in [0, 0.1) is 0 Å². The number of pyridine rings is 1. The quantitative estimate of drug-likeness (QED) is 0.754. The summed E-state index contributed by atoms with van der Waals surface area (Å²) >= 11 is 0. The molecular weight excluding hydrogens is 164 g/mol. The fourth-order valence-electron chi connectivity index (χ4n) is 1.53. The van der Waals surface area contributed by atoms with Crippen molar-refractivity contribution in [1.82, 2.24) is 4.98 Å². The molecule has 70 valence electrons. The molecule has 1 aliphatic rings. The lowest BCUT2D eigenvalue weighted by Gasteiger charge is -2.11. The minimum absolute atomic E-state index is 0.539. The molecule has 1 N–H and O–H groups in total. The predicted octanol–water partition coefficient (Wildman–Crippen LogP) is 2.36. The lowest BCUT2D eigenvalue weighted by Crippen LogP contribution is -1.97. The van der Waals surface area contributed by atoms with Crippen LogP contribution in [0.5, 0.6) is 5.75 Å². The first-order valence-corrected chi connectivity index (χ1v) is 4.68. The van der Waals surface area contributed by atoms with Crippen molar-refractivity contribution in [2.24, 2.45) is 0 Å². The van der Waals surface area contributed by atoms with E-state index in [1.807, 2.05) is 12.3 Å². The minimum Gasteiger partial charge on any atom is -0.469 e. The first-order chi connectivity index (χ1) is 6.33. The lowest BCUT2D eigenvalue weighted by molar-refractivity contribution is 0.366. The summed E-state index contributed by atoms with van der Waals surface area (Å²) in [5.41, 5.74) is 1.26. The van der Waals surface area contributed by atoms with E-state index in [0.717, 1.165) is 18.0 Å². The summed E-state index contributed by atoms with van der Waals surface area (Å²) < 4.78 is 5.48. The van der Waals surface area contributed by atoms with E-state index in [0.29, 0.717) is 12.6 Å². The van der Waals surface area contributed by atoms with Gasteiger partial charge >= 0.3 is 0 Å². The highest BCUT2D eigenvalue weighted by atomic mass is 16.5. The molecule has 3 nitrogen and oxygen atoms in total. The second kappa shape index (κ2) is 3.24. The number of anilines is 1. The molecule has 1 aromatic rings. The fourth-order valence-corrected chi connectivity index (χ4v) is 1.53. The van der Waals surface area contributed by atoms with E-state index in [2.05, 4.69) is 24.1 Å². The third-order valence-electron chi connectivity index (χ3n) is 2.53. The van der Waals surface area contributed by atoms with Crippen molar-refractivity contribution in [3.63, 3.8) is 0 Å². The molecule has 0 aliphatic carbocycles. The van der Waals surface area contributed by atoms with Crippen LogP contribution < -0.4 is 10.1 Å². The SMILES string of the molecule is CCC(C)c1ccnc2c1OCN2. The van der Waals surface area contributed by atoms with Gasteiger partial charge in [0.15, 0.2) is 18.3 Å². The van der Waals surface area contributed by atoms with E-state index in [9.17, 15) is 0 Å². The minimum atomic E-state index is 0.539. The highest BCUT2D eigenvalue weighted by Gasteiger charge is 2.19. The van der Waals surface area contributed by atoms with E-state index in [1.165, 1.54) is 5.56 Å². The number of ether oxygens (including phenoxy) is 1. The Hall–Kier alpha value is -1.25. The monoisotopic (exact) mass is 178 g/mol. The molecule has 1 unspecified atom stereocenters. The zero-order valence-corrected chi connectivity index (χ0v) is 8.00. The van der Waals surface area contributed by atoms with Crippen LogP contribution in [0.1, 0.15) is 31.7 Å². The topological polar surface area (TPSA) is 34.1 Å². The van der Waals surface area contributed by atoms with Gasteiger partial charge < -0.3 is 10.1 Å². The molecule has 2 heterocycles. The Morgan fingerprint density at radius 3 is 3.31 bits per heavy atom. The summed E-state index contributed by atoms with van der Waals surface area (Å²) in [4.78, 5) is 4.20. The van der Waals surface area contributed by atoms with Gasteiger partial charge in [0.25, 0.3) is 0 Å². The average molecular weight is 178 g/mol. The van der Waals surface area contributed by atoms with Crippen molar-refractivity contribution in [2.45, 2.75) is 26.2 Å². The zero-order chi connectivity index (χ0) is 9.26. The van der Waals surface area contributed by atoms with Gasteiger partial charge in [-0.3, -0.25) is 0 Å². The number of hydrogen-bond acceptors (Lipinski definition) is 3. The smallest absolute Gasteiger partial charge is 0.171 e. The van der Waals surface area contributed by atoms with Gasteiger partial charge in [-0.2, -0.15) is 0 Å². The molecule has 0 saturated heterocycles. The Labute approximate surface area is 78.1 Å². The van der Waals surface area contributed by atoms with Crippen LogP contribution in [-0.2, 0) is 0 Å². The predicted molar refractivity (Wildman–Crippen MR) is 52.1 cm³/mol. The van der Waals surface area contributed by atoms with Crippen molar-refractivity contribution in [3.05, 3.63) is 17.8 Å². The maximum absolute atomic E-state index is 5.48. The number of rotatable bonds is 2. The van der Waals surface area contributed by atoms with E-state index >= 15 is 0 Å². The van der Waals surface area contributed by atoms with Crippen LogP contribution in [0.15, 0.2) is 12.3 Å². The number of nitrogens with zero attached hydrogens (tertiary/aromatic N) is 1. The molecule has 0 radical (unpaired) electrons. The van der Waals surface area contributed by atoms with Crippen molar-refractivity contribution in [3.8, 4) is 5.75 Å². The number of fused-ring (bicyclic) bond motifs is 1. The first kappa shape index (κ1) is 8.35. The molecule has 3 heteroatoms. The van der Waals surface area contributed by atoms with Crippen LogP contribution in [0.4, 0.5) is 5.82 Å². The highest BCUT2D eigenvalue weighted by Crippen LogP contribution is 2.36. The van der Waals surface area contributed by atoms with Crippen molar-refractivity contribution < 1.29 is 4.74 Å². The summed E-state index contributed by atoms with van der Waals surface area (Å²) in [7, 11) is 0. The van der Waals surface area contributed by atoms with Crippen molar-refractivity contribution in [2.75, 3.05) is 12.0 Å². The van der Waals surface area contributed by atoms with Gasteiger partial charge in [-0.15, -0.1) is 0 Å². The maximum Gasteiger partial charge on any atom is 0.171 e. The Bertz CT molecular complexity index is 312. The van der Waals surface area contributed by atoms with Gasteiger partial charge in [0.05, 0.1) is 0 Å². The molecule has 1 aliphatic heterocycles. The summed E-state index contributed by atoms with van der Waals surface area (Å²) in [5, 5.41) is 3.09. The number of hydrogen-bond donors (Lipinski definition) is 1. The molecule has 0 amide bonds. The summed E-state index contributed by atoms with van der Waals surface area (Å²) in [6.45, 7) is 4.94. The molecular formula is C10H14N2O. The van der Waals surface area contributed by atoms with Gasteiger partial charge in [-0.1, -0.05) is 13.8 Å². The molecule has 2 rings (SSSR count). The van der Waals surface area contributed by atoms with Crippen LogP contribution in [-0.4, -0.2) is 11.7 Å². The number of aromatic nitrogens is 1. The molecule has 1 atom stereocenters. The first-order valence-electron chi connectivity index (χ1n) is 4.68. The van der Waals surface area contributed by atoms with Crippen LogP contribution >= 0.6 is 0 Å². The van der Waals surface area contributed by atoms with E-state index in [4.69, 9.17) is 4.74 Å². The van der Waals surface area contributed by atoms with E-state index in [-0.39, 0.29) is 0 Å². The number of nitrogens with one attached hydrogen (secondary N) is 1. The van der Waals surface area contributed by atoms with Crippen LogP contribution in [0.25, 0.3) is 0 Å². The maximum atomic E-state index is 5.48. The summed E-state index contributed by atoms with van der Waals surface area (Å²) in [5.74, 6) is 2.37. The summed E-state index contributed by atoms with van der Waals surface area (Å²) in [6.07, 6.45) is 2.96. The van der Waals surface area contributed by atoms with Gasteiger partial charge in [0.2, 0.25) is 0 Å². The second-order valence-electron chi connectivity index (χ2n) is 3.35. The van der Waals surface area contributed by atoms with Gasteiger partial charge in [0, 0.05) is 11.8 Å². The molecule has 0 aromatic carbocycles. The fraction of sp³-hybridized carbons (Fsp3) is 0.500. The standard InChI is InChI=1S/C10H14N2O/c1-3-7(2)8-4-5-11-10-9(8)13-6-12-10/h4-5,7H,3,6H2,1-2H3,(H,11,12). The third-order valence-corrected chi connectivity index (χ3v) is 2.53. The highest BCUT2D eigenvalue weighted by molar-refractivity contribution is 5.57. The third kappa shape index (κ3) is 1.34. The van der Waals surface area contributed by atoms with E-state index < -0.39 is 0 Å². The Morgan fingerprint density at radius 1 is 1.69 bits per heavy atom. The van der Waals surface area contributed by atoms with Crippen molar-refractivity contribution in [1.29, 1.82) is 0 Å². The molecule has 1 aromatic heterocycles. The van der Waals surface area contributed by atoms with Crippen LogP contribution in [0.3, 0.4) is 0 Å². The summed E-state index contributed by atoms with van der Waals surface area (Å²) in [6, 6.07) is 2.04. The van der Waals surface area contributed by atoms with Gasteiger partial charge in [0.1, 0.15) is 0 Å². The lowest BCUT2D eigenvalue weighted by atomic mass is 9.99. The Balaban J connectivity index is 2.41. The molecule has 0 fully saturated rings. The molecule has 0 spiro atoms. The van der Waals surface area contributed by atoms with Gasteiger partial charge in [-0.25, -0.2) is 4.98 Å². The Morgan fingerprint density at radius 2 is 2.54 bits per heavy atom. The van der Waals surface area contributed by atoms with Crippen molar-refractivity contribution >= 4 is 5.82 Å². The largest absolute Gasteiger partial charge is 0.469 e. The average Bonchev–Trinajstić information content (AvgIpc) is 2.63. The molecule has 13 heavy (non-hydrogen) atoms. The van der Waals surface area contributed by atoms with Crippen LogP contribution in [0.2, 0.25) is 0 Å². The second-order valence-corrected chi connectivity index (χ2v) is 3.35. The normalized spacial score (nSPS) is 15.8. The van der Waals surface area contributed by atoms with E-state index in [1.54, 1.807) is 0 Å². The zero-order valence-electron chi connectivity index (χ0n) is 8.00. The molecule has 0 bridgehead atoms. The Kier molecular flexibility index (Phi) is 2.08.